The Labute approximate surface area is 215 Å². The number of hydrogen-bond donors (Lipinski definition) is 4. The third kappa shape index (κ3) is 7.37. The van der Waals surface area contributed by atoms with Crippen molar-refractivity contribution >= 4 is 35.0 Å². The van der Waals surface area contributed by atoms with Gasteiger partial charge in [0.25, 0.3) is 6.01 Å². The number of nitrogens with one attached hydrogen (secondary N) is 3. The van der Waals surface area contributed by atoms with Crippen LogP contribution in [0.5, 0.6) is 5.75 Å². The topological polar surface area (TPSA) is 138 Å². The zero-order chi connectivity index (χ0) is 27.1. The molecule has 0 fully saturated rings. The standard InChI is InChI=1S/C25H26F3N5O5/c26-25(27,28)16-6-9-18-20(14-16)38-24(31-18)32-19(22(35)36)13-15-4-7-17(8-5-15)37-12-1-3-21(34)33-23-29-10-2-11-30-23/h4-9,14,19H,1-3,10-13H2,(H,31,32)(H,35,36)(H2,29,30,33,34). The lowest BCUT2D eigenvalue weighted by molar-refractivity contribution is -0.138. The summed E-state index contributed by atoms with van der Waals surface area (Å²) >= 11 is 0. The minimum Gasteiger partial charge on any atom is -0.494 e. The number of carbonyl (C=O) groups excluding carboxylic acids is 1. The van der Waals surface area contributed by atoms with Crippen molar-refractivity contribution < 1.29 is 37.0 Å². The molecule has 4 N–H and O–H groups in total. The van der Waals surface area contributed by atoms with Crippen molar-refractivity contribution in [2.75, 3.05) is 25.0 Å². The van der Waals surface area contributed by atoms with E-state index in [1.54, 1.807) is 24.3 Å². The van der Waals surface area contributed by atoms with Crippen LogP contribution in [-0.2, 0) is 22.2 Å². The average Bonchev–Trinajstić information content (AvgIpc) is 3.29. The van der Waals surface area contributed by atoms with Crippen LogP contribution in [0.15, 0.2) is 51.9 Å². The van der Waals surface area contributed by atoms with Gasteiger partial charge in [-0.3, -0.25) is 15.1 Å². The summed E-state index contributed by atoms with van der Waals surface area (Å²) in [6.07, 6.45) is -2.77. The fourth-order valence-electron chi connectivity index (χ4n) is 3.70. The van der Waals surface area contributed by atoms with E-state index < -0.39 is 23.8 Å². The lowest BCUT2D eigenvalue weighted by Gasteiger charge is -2.15. The van der Waals surface area contributed by atoms with Gasteiger partial charge in [0, 0.05) is 25.9 Å². The van der Waals surface area contributed by atoms with Crippen LogP contribution in [0.4, 0.5) is 19.2 Å². The van der Waals surface area contributed by atoms with Crippen LogP contribution in [-0.4, -0.2) is 53.7 Å². The number of fused-ring (bicyclic) bond motifs is 1. The van der Waals surface area contributed by atoms with Crippen molar-refractivity contribution in [2.45, 2.75) is 37.9 Å². The van der Waals surface area contributed by atoms with Crippen LogP contribution >= 0.6 is 0 Å². The Kier molecular flexibility index (Phi) is 8.34. The van der Waals surface area contributed by atoms with Crippen molar-refractivity contribution in [1.29, 1.82) is 0 Å². The molecule has 0 spiro atoms. The molecule has 13 heteroatoms. The van der Waals surface area contributed by atoms with Gasteiger partial charge >= 0.3 is 12.1 Å². The Hall–Kier alpha value is -4.29. The van der Waals surface area contributed by atoms with Gasteiger partial charge in [-0.25, -0.2) is 4.79 Å². The first-order valence-corrected chi connectivity index (χ1v) is 11.9. The molecular weight excluding hydrogens is 507 g/mol. The lowest BCUT2D eigenvalue weighted by Crippen LogP contribution is -2.43. The van der Waals surface area contributed by atoms with Crippen molar-refractivity contribution in [3.05, 3.63) is 53.6 Å². The van der Waals surface area contributed by atoms with Crippen LogP contribution in [0.25, 0.3) is 11.1 Å². The number of rotatable bonds is 10. The number of nitrogens with zero attached hydrogens (tertiary/aromatic N) is 2. The largest absolute Gasteiger partial charge is 0.494 e. The summed E-state index contributed by atoms with van der Waals surface area (Å²) in [4.78, 5) is 32.0. The number of guanidine groups is 1. The summed E-state index contributed by atoms with van der Waals surface area (Å²) < 4.78 is 49.7. The Balaban J connectivity index is 1.27. The number of anilines is 1. The quantitative estimate of drug-likeness (QED) is 0.290. The number of alkyl halides is 3. The fourth-order valence-corrected chi connectivity index (χ4v) is 3.70. The maximum absolute atomic E-state index is 12.9. The van der Waals surface area contributed by atoms with Crippen LogP contribution in [0.2, 0.25) is 0 Å². The first-order chi connectivity index (χ1) is 18.2. The van der Waals surface area contributed by atoms with E-state index in [4.69, 9.17) is 9.15 Å². The predicted octanol–water partition coefficient (Wildman–Crippen LogP) is 3.58. The first kappa shape index (κ1) is 26.8. The second kappa shape index (κ2) is 11.8. The second-order valence-electron chi connectivity index (χ2n) is 8.59. The molecule has 10 nitrogen and oxygen atoms in total. The Morgan fingerprint density at radius 3 is 2.66 bits per heavy atom. The van der Waals surface area contributed by atoms with Gasteiger partial charge in [0.1, 0.15) is 17.3 Å². The number of hydrogen-bond acceptors (Lipinski definition) is 8. The van der Waals surface area contributed by atoms with E-state index in [0.29, 0.717) is 36.8 Å². The average molecular weight is 534 g/mol. The number of benzene rings is 2. The summed E-state index contributed by atoms with van der Waals surface area (Å²) in [5, 5.41) is 18.0. The third-order valence-corrected chi connectivity index (χ3v) is 5.65. The molecule has 202 valence electrons. The molecule has 0 radical (unpaired) electrons. The highest BCUT2D eigenvalue weighted by molar-refractivity contribution is 5.97. The van der Waals surface area contributed by atoms with Gasteiger partial charge in [-0.1, -0.05) is 12.1 Å². The summed E-state index contributed by atoms with van der Waals surface area (Å²) in [7, 11) is 0. The van der Waals surface area contributed by atoms with Gasteiger partial charge in [0.15, 0.2) is 11.5 Å². The van der Waals surface area contributed by atoms with Crippen molar-refractivity contribution in [2.24, 2.45) is 4.99 Å². The number of aliphatic imine (C=N–C) groups is 1. The van der Waals surface area contributed by atoms with Gasteiger partial charge in [-0.2, -0.15) is 18.2 Å². The number of carboxylic acids is 1. The number of amides is 1. The predicted molar refractivity (Wildman–Crippen MR) is 132 cm³/mol. The molecule has 2 aromatic carbocycles. The van der Waals surface area contributed by atoms with Crippen LogP contribution in [0.1, 0.15) is 30.4 Å². The minimum atomic E-state index is -4.54. The molecule has 4 rings (SSSR count). The monoisotopic (exact) mass is 533 g/mol. The summed E-state index contributed by atoms with van der Waals surface area (Å²) in [6.45, 7) is 1.79. The zero-order valence-electron chi connectivity index (χ0n) is 20.2. The van der Waals surface area contributed by atoms with E-state index in [1.807, 2.05) is 0 Å². The molecule has 0 aliphatic carbocycles. The highest BCUT2D eigenvalue weighted by Crippen LogP contribution is 2.32. The maximum Gasteiger partial charge on any atom is 0.416 e. The van der Waals surface area contributed by atoms with Crippen molar-refractivity contribution in [3.8, 4) is 5.75 Å². The molecule has 0 saturated heterocycles. The van der Waals surface area contributed by atoms with E-state index in [9.17, 15) is 27.9 Å². The molecule has 1 atom stereocenters. The third-order valence-electron chi connectivity index (χ3n) is 5.65. The van der Waals surface area contributed by atoms with E-state index in [-0.39, 0.29) is 35.9 Å². The summed E-state index contributed by atoms with van der Waals surface area (Å²) in [5.41, 5.74) is -0.152. The SMILES string of the molecule is O=C(CCCOc1ccc(CC(Nc2nc3ccc(C(F)(F)F)cc3o2)C(=O)O)cc1)NC1=NCCCN1. The van der Waals surface area contributed by atoms with Gasteiger partial charge in [-0.15, -0.1) is 0 Å². The second-order valence-corrected chi connectivity index (χ2v) is 8.59. The lowest BCUT2D eigenvalue weighted by atomic mass is 10.1. The summed E-state index contributed by atoms with van der Waals surface area (Å²) in [6, 6.07) is 8.31. The fraction of sp³-hybridized carbons (Fsp3) is 0.360. The molecule has 38 heavy (non-hydrogen) atoms. The summed E-state index contributed by atoms with van der Waals surface area (Å²) in [5.74, 6) is -0.273. The maximum atomic E-state index is 12.9. The number of halogens is 3. The normalized spacial score (nSPS) is 14.3. The van der Waals surface area contributed by atoms with E-state index in [1.165, 1.54) is 0 Å². The molecule has 0 bridgehead atoms. The molecule has 1 unspecified atom stereocenters. The van der Waals surface area contributed by atoms with Gasteiger partial charge in [-0.05, 0) is 48.7 Å². The number of oxazole rings is 1. The Bertz CT molecular complexity index is 1310. The van der Waals surface area contributed by atoms with Crippen LogP contribution in [0.3, 0.4) is 0 Å². The minimum absolute atomic E-state index is 0.0558. The van der Waals surface area contributed by atoms with Crippen molar-refractivity contribution in [1.82, 2.24) is 15.6 Å². The number of carbonyl (C=O) groups is 2. The van der Waals surface area contributed by atoms with Crippen molar-refractivity contribution in [3.63, 3.8) is 0 Å². The Morgan fingerprint density at radius 1 is 1.18 bits per heavy atom. The molecular formula is C25H26F3N5O5. The Morgan fingerprint density at radius 2 is 1.97 bits per heavy atom. The van der Waals surface area contributed by atoms with E-state index in [0.717, 1.165) is 31.2 Å². The number of aliphatic carboxylic acids is 1. The van der Waals surface area contributed by atoms with E-state index >= 15 is 0 Å². The van der Waals surface area contributed by atoms with Crippen LogP contribution in [0, 0.1) is 0 Å². The smallest absolute Gasteiger partial charge is 0.416 e. The molecule has 1 aliphatic rings. The first-order valence-electron chi connectivity index (χ1n) is 11.9. The molecule has 1 amide bonds. The van der Waals surface area contributed by atoms with Crippen LogP contribution < -0.4 is 20.7 Å². The highest BCUT2D eigenvalue weighted by Gasteiger charge is 2.31. The number of carboxylic acid groups (broad SMARTS) is 1. The molecule has 0 saturated carbocycles. The number of ether oxygens (including phenoxy) is 1. The number of aromatic nitrogens is 1. The highest BCUT2D eigenvalue weighted by atomic mass is 19.4. The zero-order valence-corrected chi connectivity index (χ0v) is 20.2. The molecule has 2 heterocycles. The molecule has 3 aromatic rings. The van der Waals surface area contributed by atoms with Gasteiger partial charge in [0.05, 0.1) is 12.2 Å². The molecule has 1 aliphatic heterocycles. The van der Waals surface area contributed by atoms with Gasteiger partial charge < -0.3 is 24.9 Å². The van der Waals surface area contributed by atoms with Gasteiger partial charge in [0.2, 0.25) is 5.91 Å². The molecule has 1 aromatic heterocycles. The van der Waals surface area contributed by atoms with E-state index in [2.05, 4.69) is 25.9 Å².